The number of nitrogens with one attached hydrogen (secondary N) is 1. The van der Waals surface area contributed by atoms with Crippen molar-refractivity contribution in [3.63, 3.8) is 0 Å². The average molecular weight is 527 g/mol. The van der Waals surface area contributed by atoms with Gasteiger partial charge in [0.15, 0.2) is 0 Å². The number of carboxylic acid groups (broad SMARTS) is 2. The average Bonchev–Trinajstić information content (AvgIpc) is 3.31. The Morgan fingerprint density at radius 2 is 1.58 bits per heavy atom. The van der Waals surface area contributed by atoms with Gasteiger partial charge in [-0.3, -0.25) is 9.59 Å². The van der Waals surface area contributed by atoms with Crippen molar-refractivity contribution in [2.75, 3.05) is 26.2 Å². The molecule has 1 aromatic heterocycles. The fourth-order valence-corrected chi connectivity index (χ4v) is 4.42. The number of piperidine rings is 1. The Morgan fingerprint density at radius 1 is 0.947 bits per heavy atom. The summed E-state index contributed by atoms with van der Waals surface area (Å²) in [6.07, 6.45) is 5.42. The van der Waals surface area contributed by atoms with Crippen molar-refractivity contribution in [1.29, 1.82) is 0 Å². The van der Waals surface area contributed by atoms with Crippen LogP contribution in [0.3, 0.4) is 0 Å². The lowest BCUT2D eigenvalue weighted by molar-refractivity contribution is -0.159. The van der Waals surface area contributed by atoms with Gasteiger partial charge < -0.3 is 30.7 Å². The van der Waals surface area contributed by atoms with Gasteiger partial charge in [-0.1, -0.05) is 24.3 Å². The van der Waals surface area contributed by atoms with Crippen LogP contribution in [0.1, 0.15) is 30.0 Å². The van der Waals surface area contributed by atoms with Crippen molar-refractivity contribution in [3.8, 4) is 0 Å². The van der Waals surface area contributed by atoms with Crippen LogP contribution in [0.25, 0.3) is 10.9 Å². The van der Waals surface area contributed by atoms with Crippen LogP contribution in [0.2, 0.25) is 0 Å². The molecule has 38 heavy (non-hydrogen) atoms. The molecule has 1 aliphatic heterocycles. The molecule has 2 aromatic carbocycles. The molecule has 2 amide bonds. The number of carboxylic acids is 2. The number of hydrogen-bond donors (Lipinski definition) is 4. The molecule has 0 saturated carbocycles. The number of amides is 2. The van der Waals surface area contributed by atoms with Crippen molar-refractivity contribution < 1.29 is 33.8 Å². The van der Waals surface area contributed by atoms with E-state index in [2.05, 4.69) is 33.1 Å². The summed E-state index contributed by atoms with van der Waals surface area (Å²) in [7, 11) is 0. The Bertz CT molecular complexity index is 1270. The molecule has 1 saturated heterocycles. The number of aliphatic carboxylic acids is 2. The lowest BCUT2D eigenvalue weighted by atomic mass is 10.0. The molecule has 0 spiro atoms. The van der Waals surface area contributed by atoms with Crippen LogP contribution in [-0.4, -0.2) is 69.6 Å². The molecular formula is C27H31FN4O6. The number of hydrogen-bond acceptors (Lipinski definition) is 5. The van der Waals surface area contributed by atoms with E-state index in [1.54, 1.807) is 0 Å². The van der Waals surface area contributed by atoms with Crippen molar-refractivity contribution in [2.45, 2.75) is 31.7 Å². The molecule has 0 radical (unpaired) electrons. The molecule has 3 aromatic rings. The number of aromatic nitrogens is 1. The summed E-state index contributed by atoms with van der Waals surface area (Å²) in [4.78, 5) is 43.6. The van der Waals surface area contributed by atoms with Gasteiger partial charge >= 0.3 is 11.9 Å². The number of rotatable bonds is 8. The SMILES string of the molecule is NC(=O)CNC(=O)Cc1ccc2ccn(C3CCN(CCc4ccc(F)cc4)CC3)c2c1.O=C(O)C(=O)O. The topological polar surface area (TPSA) is 155 Å². The van der Waals surface area contributed by atoms with E-state index < -0.39 is 17.8 Å². The monoisotopic (exact) mass is 526 g/mol. The van der Waals surface area contributed by atoms with Crippen LogP contribution >= 0.6 is 0 Å². The first-order valence-corrected chi connectivity index (χ1v) is 12.2. The first kappa shape index (κ1) is 28.3. The number of benzene rings is 2. The molecule has 10 nitrogen and oxygen atoms in total. The minimum Gasteiger partial charge on any atom is -0.473 e. The number of likely N-dealkylation sites (tertiary alicyclic amines) is 1. The van der Waals surface area contributed by atoms with Gasteiger partial charge in [0.25, 0.3) is 0 Å². The normalized spacial score (nSPS) is 13.9. The Hall–Kier alpha value is -4.25. The first-order valence-electron chi connectivity index (χ1n) is 12.2. The Labute approximate surface area is 218 Å². The van der Waals surface area contributed by atoms with E-state index in [1.807, 2.05) is 24.3 Å². The Morgan fingerprint density at radius 3 is 2.18 bits per heavy atom. The van der Waals surface area contributed by atoms with E-state index in [9.17, 15) is 14.0 Å². The van der Waals surface area contributed by atoms with E-state index >= 15 is 0 Å². The molecule has 4 rings (SSSR count). The maximum atomic E-state index is 13.1. The highest BCUT2D eigenvalue weighted by Crippen LogP contribution is 2.28. The highest BCUT2D eigenvalue weighted by molar-refractivity contribution is 6.27. The standard InChI is InChI=1S/C25H29FN4O2.C2H2O4/c26-21-5-2-18(3-6-21)7-11-29-12-9-22(10-13-29)30-14-8-20-4-1-19(15-23(20)30)16-25(32)28-17-24(27)31;3-1(4)2(5)6/h1-6,8,14-15,22H,7,9-13,16-17H2,(H2,27,31)(H,28,32);(H,3,4)(H,5,6). The van der Waals surface area contributed by atoms with E-state index in [4.69, 9.17) is 25.5 Å². The van der Waals surface area contributed by atoms with Gasteiger partial charge in [-0.25, -0.2) is 14.0 Å². The zero-order valence-electron chi connectivity index (χ0n) is 20.8. The third-order valence-corrected chi connectivity index (χ3v) is 6.38. The second-order valence-corrected chi connectivity index (χ2v) is 9.10. The molecule has 202 valence electrons. The van der Waals surface area contributed by atoms with Crippen LogP contribution < -0.4 is 11.1 Å². The third kappa shape index (κ3) is 8.41. The summed E-state index contributed by atoms with van der Waals surface area (Å²) in [5.74, 6) is -4.60. The van der Waals surface area contributed by atoms with Crippen molar-refractivity contribution in [1.82, 2.24) is 14.8 Å². The van der Waals surface area contributed by atoms with Gasteiger partial charge in [0.1, 0.15) is 5.82 Å². The number of fused-ring (bicyclic) bond motifs is 1. The molecule has 1 fully saturated rings. The summed E-state index contributed by atoms with van der Waals surface area (Å²) in [5.41, 5.74) is 8.30. The summed E-state index contributed by atoms with van der Waals surface area (Å²) < 4.78 is 15.4. The van der Waals surface area contributed by atoms with Gasteiger partial charge in [-0.05, 0) is 60.0 Å². The second-order valence-electron chi connectivity index (χ2n) is 9.10. The second kappa shape index (κ2) is 13.3. The van der Waals surface area contributed by atoms with Crippen LogP contribution in [0, 0.1) is 5.82 Å². The van der Waals surface area contributed by atoms with Gasteiger partial charge in [-0.2, -0.15) is 0 Å². The van der Waals surface area contributed by atoms with E-state index in [-0.39, 0.29) is 24.7 Å². The summed E-state index contributed by atoms with van der Waals surface area (Å²) in [6.45, 7) is 2.90. The predicted molar refractivity (Wildman–Crippen MR) is 138 cm³/mol. The quantitative estimate of drug-likeness (QED) is 0.327. The van der Waals surface area contributed by atoms with Gasteiger partial charge in [-0.15, -0.1) is 0 Å². The fourth-order valence-electron chi connectivity index (χ4n) is 4.42. The number of nitrogens with two attached hydrogens (primary N) is 1. The molecule has 2 heterocycles. The maximum Gasteiger partial charge on any atom is 0.414 e. The zero-order valence-corrected chi connectivity index (χ0v) is 20.8. The number of primary amides is 1. The van der Waals surface area contributed by atoms with Crippen molar-refractivity contribution >= 4 is 34.7 Å². The maximum absolute atomic E-state index is 13.1. The highest BCUT2D eigenvalue weighted by Gasteiger charge is 2.21. The van der Waals surface area contributed by atoms with Crippen LogP contribution in [-0.2, 0) is 32.0 Å². The third-order valence-electron chi connectivity index (χ3n) is 6.38. The number of carbonyl (C=O) groups is 4. The van der Waals surface area contributed by atoms with Gasteiger partial charge in [0.2, 0.25) is 11.8 Å². The number of halogens is 1. The smallest absolute Gasteiger partial charge is 0.414 e. The molecular weight excluding hydrogens is 495 g/mol. The molecule has 0 atom stereocenters. The highest BCUT2D eigenvalue weighted by atomic mass is 19.1. The van der Waals surface area contributed by atoms with Crippen LogP contribution in [0.15, 0.2) is 54.7 Å². The van der Waals surface area contributed by atoms with E-state index in [0.717, 1.165) is 60.9 Å². The molecule has 0 unspecified atom stereocenters. The van der Waals surface area contributed by atoms with E-state index in [1.165, 1.54) is 12.1 Å². The molecule has 5 N–H and O–H groups in total. The summed E-state index contributed by atoms with van der Waals surface area (Å²) in [6, 6.07) is 15.4. The Balaban J connectivity index is 0.000000599. The lowest BCUT2D eigenvalue weighted by Gasteiger charge is -2.33. The number of nitrogens with zero attached hydrogens (tertiary/aromatic N) is 2. The predicted octanol–water partition coefficient (Wildman–Crippen LogP) is 1.96. The lowest BCUT2D eigenvalue weighted by Crippen LogP contribution is -2.35. The molecule has 0 aliphatic carbocycles. The van der Waals surface area contributed by atoms with Gasteiger partial charge in [0.05, 0.1) is 13.0 Å². The van der Waals surface area contributed by atoms with Gasteiger partial charge in [0, 0.05) is 37.4 Å². The molecule has 11 heteroatoms. The summed E-state index contributed by atoms with van der Waals surface area (Å²) in [5, 5.41) is 18.5. The molecule has 0 bridgehead atoms. The largest absolute Gasteiger partial charge is 0.473 e. The minimum absolute atomic E-state index is 0.142. The van der Waals surface area contributed by atoms with E-state index in [0.29, 0.717) is 6.04 Å². The van der Waals surface area contributed by atoms with Crippen molar-refractivity contribution in [2.24, 2.45) is 5.73 Å². The fraction of sp³-hybridized carbons (Fsp3) is 0.333. The van der Waals surface area contributed by atoms with Crippen LogP contribution in [0.4, 0.5) is 4.39 Å². The summed E-state index contributed by atoms with van der Waals surface area (Å²) >= 11 is 0. The van der Waals surface area contributed by atoms with Crippen molar-refractivity contribution in [3.05, 3.63) is 71.7 Å². The zero-order chi connectivity index (χ0) is 27.7. The number of carbonyl (C=O) groups excluding carboxylic acids is 2. The first-order chi connectivity index (χ1) is 18.1. The minimum atomic E-state index is -1.82. The Kier molecular flexibility index (Phi) is 9.94. The van der Waals surface area contributed by atoms with Crippen LogP contribution in [0.5, 0.6) is 0 Å². The molecule has 1 aliphatic rings.